The van der Waals surface area contributed by atoms with Gasteiger partial charge in [0.25, 0.3) is 5.91 Å². The molecule has 1 amide bonds. The molecule has 1 atom stereocenters. The van der Waals surface area contributed by atoms with Gasteiger partial charge in [0.15, 0.2) is 16.4 Å². The summed E-state index contributed by atoms with van der Waals surface area (Å²) in [5.41, 5.74) is 0.0536. The Labute approximate surface area is 164 Å². The standard InChI is InChI=1S/C19H25NO7S/c1-3-4-10-20(14-9-11-28(24,25)13-14)17(21)12-27-19(23)16-8-6-5-7-15(16)18(22)26-2/h5-8,14H,3-4,9-13H2,1-2H3. The van der Waals surface area contributed by atoms with Gasteiger partial charge in [-0.2, -0.15) is 0 Å². The van der Waals surface area contributed by atoms with E-state index >= 15 is 0 Å². The fourth-order valence-electron chi connectivity index (χ4n) is 3.10. The van der Waals surface area contributed by atoms with E-state index in [2.05, 4.69) is 4.74 Å². The van der Waals surface area contributed by atoms with Gasteiger partial charge in [0, 0.05) is 12.6 Å². The van der Waals surface area contributed by atoms with E-state index in [0.29, 0.717) is 13.0 Å². The van der Waals surface area contributed by atoms with Crippen molar-refractivity contribution in [2.45, 2.75) is 32.2 Å². The summed E-state index contributed by atoms with van der Waals surface area (Å²) in [6, 6.07) is 5.60. The van der Waals surface area contributed by atoms with Gasteiger partial charge in [0.1, 0.15) is 0 Å². The summed E-state index contributed by atoms with van der Waals surface area (Å²) < 4.78 is 33.3. The van der Waals surface area contributed by atoms with Crippen LogP contribution < -0.4 is 0 Å². The first-order valence-corrected chi connectivity index (χ1v) is 11.0. The lowest BCUT2D eigenvalue weighted by Gasteiger charge is -2.28. The highest BCUT2D eigenvalue weighted by atomic mass is 32.2. The minimum absolute atomic E-state index is 0.00528. The van der Waals surface area contributed by atoms with Crippen molar-refractivity contribution in [3.05, 3.63) is 35.4 Å². The van der Waals surface area contributed by atoms with Crippen molar-refractivity contribution >= 4 is 27.7 Å². The molecule has 1 fully saturated rings. The van der Waals surface area contributed by atoms with Gasteiger partial charge in [-0.25, -0.2) is 18.0 Å². The minimum Gasteiger partial charge on any atom is -0.465 e. The van der Waals surface area contributed by atoms with Crippen LogP contribution in [0.4, 0.5) is 0 Å². The maximum absolute atomic E-state index is 12.6. The molecular formula is C19H25NO7S. The Balaban J connectivity index is 2.06. The van der Waals surface area contributed by atoms with Crippen LogP contribution >= 0.6 is 0 Å². The fourth-order valence-corrected chi connectivity index (χ4v) is 4.83. The second-order valence-electron chi connectivity index (χ2n) is 6.61. The largest absolute Gasteiger partial charge is 0.465 e. The lowest BCUT2D eigenvalue weighted by Crippen LogP contribution is -2.44. The van der Waals surface area contributed by atoms with Gasteiger partial charge in [-0.15, -0.1) is 0 Å². The lowest BCUT2D eigenvalue weighted by atomic mass is 10.1. The first-order valence-electron chi connectivity index (χ1n) is 9.13. The third-order valence-corrected chi connectivity index (χ3v) is 6.35. The van der Waals surface area contributed by atoms with Crippen LogP contribution in [-0.4, -0.2) is 69.0 Å². The van der Waals surface area contributed by atoms with Gasteiger partial charge >= 0.3 is 11.9 Å². The average Bonchev–Trinajstić information content (AvgIpc) is 3.05. The molecule has 1 aromatic rings. The summed E-state index contributed by atoms with van der Waals surface area (Å²) in [5.74, 6) is -1.95. The molecule has 0 aromatic heterocycles. The number of hydrogen-bond acceptors (Lipinski definition) is 7. The Morgan fingerprint density at radius 3 is 2.32 bits per heavy atom. The smallest absolute Gasteiger partial charge is 0.339 e. The normalized spacial score (nSPS) is 17.7. The number of nitrogens with zero attached hydrogens (tertiary/aromatic N) is 1. The van der Waals surface area contributed by atoms with E-state index in [0.717, 1.165) is 12.8 Å². The van der Waals surface area contributed by atoms with Crippen LogP contribution in [0.3, 0.4) is 0 Å². The number of carbonyl (C=O) groups is 3. The molecule has 154 valence electrons. The predicted octanol–water partition coefficient (Wildman–Crippen LogP) is 1.45. The highest BCUT2D eigenvalue weighted by molar-refractivity contribution is 7.91. The number of esters is 2. The molecule has 0 radical (unpaired) electrons. The van der Waals surface area contributed by atoms with Crippen LogP contribution in [0.1, 0.15) is 46.9 Å². The monoisotopic (exact) mass is 411 g/mol. The second kappa shape index (κ2) is 9.68. The van der Waals surface area contributed by atoms with Gasteiger partial charge in [0.05, 0.1) is 29.7 Å². The summed E-state index contributed by atoms with van der Waals surface area (Å²) in [5, 5.41) is 0. The van der Waals surface area contributed by atoms with Crippen molar-refractivity contribution in [3.63, 3.8) is 0 Å². The Kier molecular flexibility index (Phi) is 7.56. The zero-order valence-corrected chi connectivity index (χ0v) is 16.9. The predicted molar refractivity (Wildman–Crippen MR) is 102 cm³/mol. The number of amides is 1. The molecule has 0 bridgehead atoms. The van der Waals surface area contributed by atoms with Crippen molar-refractivity contribution in [3.8, 4) is 0 Å². The van der Waals surface area contributed by atoms with E-state index in [1.54, 1.807) is 12.1 Å². The van der Waals surface area contributed by atoms with E-state index in [4.69, 9.17) is 4.74 Å². The quantitative estimate of drug-likeness (QED) is 0.596. The second-order valence-corrected chi connectivity index (χ2v) is 8.84. The van der Waals surface area contributed by atoms with Crippen LogP contribution in [0.25, 0.3) is 0 Å². The topological polar surface area (TPSA) is 107 Å². The molecule has 9 heteroatoms. The molecule has 1 saturated heterocycles. The van der Waals surface area contributed by atoms with Gasteiger partial charge < -0.3 is 14.4 Å². The number of unbranched alkanes of at least 4 members (excludes halogenated alkanes) is 1. The van der Waals surface area contributed by atoms with Gasteiger partial charge in [-0.1, -0.05) is 25.5 Å². The minimum atomic E-state index is -3.14. The molecule has 1 unspecified atom stereocenters. The number of ether oxygens (including phenoxy) is 2. The Bertz CT molecular complexity index is 834. The number of hydrogen-bond donors (Lipinski definition) is 0. The molecule has 1 aromatic carbocycles. The van der Waals surface area contributed by atoms with Crippen LogP contribution in [0.2, 0.25) is 0 Å². The van der Waals surface area contributed by atoms with Crippen molar-refractivity contribution in [2.75, 3.05) is 31.8 Å². The zero-order chi connectivity index (χ0) is 20.7. The van der Waals surface area contributed by atoms with Crippen LogP contribution in [0, 0.1) is 0 Å². The zero-order valence-electron chi connectivity index (χ0n) is 16.0. The number of sulfone groups is 1. The van der Waals surface area contributed by atoms with Gasteiger partial charge in [-0.3, -0.25) is 4.79 Å². The Morgan fingerprint density at radius 2 is 1.79 bits per heavy atom. The third kappa shape index (κ3) is 5.54. The summed E-state index contributed by atoms with van der Waals surface area (Å²) >= 11 is 0. The van der Waals surface area contributed by atoms with Crippen molar-refractivity contribution in [1.29, 1.82) is 0 Å². The third-order valence-electron chi connectivity index (χ3n) is 4.60. The first-order chi connectivity index (χ1) is 13.3. The van der Waals surface area contributed by atoms with E-state index in [1.807, 2.05) is 6.92 Å². The van der Waals surface area contributed by atoms with E-state index in [1.165, 1.54) is 24.1 Å². The summed E-state index contributed by atoms with van der Waals surface area (Å²) in [4.78, 5) is 38.2. The van der Waals surface area contributed by atoms with E-state index < -0.39 is 40.3 Å². The van der Waals surface area contributed by atoms with Crippen LogP contribution in [0.15, 0.2) is 24.3 Å². The van der Waals surface area contributed by atoms with Gasteiger partial charge in [0.2, 0.25) is 0 Å². The lowest BCUT2D eigenvalue weighted by molar-refractivity contribution is -0.136. The molecule has 0 spiro atoms. The Hall–Kier alpha value is -2.42. The maximum atomic E-state index is 12.6. The maximum Gasteiger partial charge on any atom is 0.339 e. The van der Waals surface area contributed by atoms with Crippen LogP contribution in [0.5, 0.6) is 0 Å². The van der Waals surface area contributed by atoms with E-state index in [-0.39, 0.29) is 22.6 Å². The van der Waals surface area contributed by atoms with Crippen molar-refractivity contribution in [1.82, 2.24) is 4.90 Å². The molecule has 2 rings (SSSR count). The molecule has 1 aliphatic rings. The highest BCUT2D eigenvalue weighted by Gasteiger charge is 2.34. The molecule has 28 heavy (non-hydrogen) atoms. The SMILES string of the molecule is CCCCN(C(=O)COC(=O)c1ccccc1C(=O)OC)C1CCS(=O)(=O)C1. The molecule has 1 heterocycles. The molecule has 1 aliphatic heterocycles. The molecule has 0 saturated carbocycles. The van der Waals surface area contributed by atoms with Gasteiger partial charge in [-0.05, 0) is 25.0 Å². The van der Waals surface area contributed by atoms with E-state index in [9.17, 15) is 22.8 Å². The number of rotatable bonds is 8. The number of benzene rings is 1. The van der Waals surface area contributed by atoms with Crippen LogP contribution in [-0.2, 0) is 24.1 Å². The summed E-state index contributed by atoms with van der Waals surface area (Å²) in [6.45, 7) is 1.86. The molecule has 0 N–H and O–H groups in total. The van der Waals surface area contributed by atoms with Crippen molar-refractivity contribution < 1.29 is 32.3 Å². The fraction of sp³-hybridized carbons (Fsp3) is 0.526. The highest BCUT2D eigenvalue weighted by Crippen LogP contribution is 2.19. The molecular weight excluding hydrogens is 386 g/mol. The Morgan fingerprint density at radius 1 is 1.14 bits per heavy atom. The summed E-state index contributed by atoms with van der Waals surface area (Å²) in [7, 11) is -1.94. The number of carbonyl (C=O) groups excluding carboxylic acids is 3. The first kappa shape index (κ1) is 21.9. The molecule has 8 nitrogen and oxygen atoms in total. The molecule has 0 aliphatic carbocycles. The summed E-state index contributed by atoms with van der Waals surface area (Å²) in [6.07, 6.45) is 1.95. The average molecular weight is 411 g/mol. The number of methoxy groups -OCH3 is 1. The van der Waals surface area contributed by atoms with Crippen molar-refractivity contribution in [2.24, 2.45) is 0 Å².